The van der Waals surface area contributed by atoms with E-state index in [1.165, 1.54) is 4.90 Å². The highest BCUT2D eigenvalue weighted by molar-refractivity contribution is 5.85. The average Bonchev–Trinajstić information content (AvgIpc) is 3.06. The normalized spacial score (nSPS) is 17.2. The molecule has 1 aliphatic rings. The highest BCUT2D eigenvalue weighted by Gasteiger charge is 2.33. The number of nitrogens with zero attached hydrogens (tertiary/aromatic N) is 1. The maximum Gasteiger partial charge on any atom is 0.326 e. The molecule has 118 valence electrons. The second-order valence-electron chi connectivity index (χ2n) is 5.82. The molecule has 0 radical (unpaired) electrons. The lowest BCUT2D eigenvalue weighted by Crippen LogP contribution is -2.41. The summed E-state index contributed by atoms with van der Waals surface area (Å²) in [7, 11) is 0. The van der Waals surface area contributed by atoms with Gasteiger partial charge in [0.05, 0.1) is 6.42 Å². The van der Waals surface area contributed by atoms with Gasteiger partial charge in [0.15, 0.2) is 0 Å². The maximum absolute atomic E-state index is 12.3. The summed E-state index contributed by atoms with van der Waals surface area (Å²) in [4.78, 5) is 25.0. The number of rotatable bonds is 4. The van der Waals surface area contributed by atoms with E-state index in [1.807, 2.05) is 54.6 Å². The molecule has 1 saturated heterocycles. The Kier molecular flexibility index (Phi) is 4.42. The van der Waals surface area contributed by atoms with E-state index in [1.54, 1.807) is 0 Å². The second kappa shape index (κ2) is 6.65. The molecule has 1 aliphatic heterocycles. The van der Waals surface area contributed by atoms with E-state index in [9.17, 15) is 9.59 Å². The van der Waals surface area contributed by atoms with Crippen LogP contribution >= 0.6 is 0 Å². The van der Waals surface area contributed by atoms with Gasteiger partial charge in [-0.05, 0) is 29.5 Å². The summed E-state index contributed by atoms with van der Waals surface area (Å²) in [6.45, 7) is 0.540. The first-order valence-electron chi connectivity index (χ1n) is 7.82. The van der Waals surface area contributed by atoms with Crippen molar-refractivity contribution < 1.29 is 14.7 Å². The summed E-state index contributed by atoms with van der Waals surface area (Å²) >= 11 is 0. The summed E-state index contributed by atoms with van der Waals surface area (Å²) in [5.41, 5.74) is 3.15. The van der Waals surface area contributed by atoms with Crippen molar-refractivity contribution >= 4 is 11.9 Å². The van der Waals surface area contributed by atoms with E-state index in [0.29, 0.717) is 13.0 Å². The summed E-state index contributed by atoms with van der Waals surface area (Å²) in [6.07, 6.45) is 1.56. The van der Waals surface area contributed by atoms with E-state index in [2.05, 4.69) is 0 Å². The molecule has 2 aromatic rings. The van der Waals surface area contributed by atoms with Crippen LogP contribution in [0.15, 0.2) is 54.6 Å². The second-order valence-corrected chi connectivity index (χ2v) is 5.82. The van der Waals surface area contributed by atoms with Crippen molar-refractivity contribution in [2.75, 3.05) is 6.54 Å². The van der Waals surface area contributed by atoms with Crippen LogP contribution in [-0.2, 0) is 16.0 Å². The smallest absolute Gasteiger partial charge is 0.326 e. The van der Waals surface area contributed by atoms with Crippen LogP contribution in [0.4, 0.5) is 0 Å². The molecule has 1 unspecified atom stereocenters. The predicted octanol–water partition coefficient (Wildman–Crippen LogP) is 2.97. The number of carboxylic acids is 1. The monoisotopic (exact) mass is 309 g/mol. The number of carbonyl (C=O) groups excluding carboxylic acids is 1. The molecule has 0 aliphatic carbocycles. The molecule has 1 fully saturated rings. The Morgan fingerprint density at radius 2 is 1.65 bits per heavy atom. The first kappa shape index (κ1) is 15.3. The van der Waals surface area contributed by atoms with Crippen molar-refractivity contribution in [3.63, 3.8) is 0 Å². The fourth-order valence-electron chi connectivity index (χ4n) is 3.04. The summed E-state index contributed by atoms with van der Waals surface area (Å²) in [5.74, 6) is -1.02. The standard InChI is InChI=1S/C19H19NO3/c21-18(20-12-4-7-17(20)19(22)23)13-14-8-10-16(11-9-14)15-5-2-1-3-6-15/h1-3,5-6,8-11,17H,4,7,12-13H2,(H,22,23). The number of hydrogen-bond donors (Lipinski definition) is 1. The SMILES string of the molecule is O=C(O)C1CCCN1C(=O)Cc1ccc(-c2ccccc2)cc1. The minimum Gasteiger partial charge on any atom is -0.480 e. The maximum atomic E-state index is 12.3. The summed E-state index contributed by atoms with van der Waals surface area (Å²) in [6, 6.07) is 17.3. The molecule has 3 rings (SSSR count). The van der Waals surface area contributed by atoms with Gasteiger partial charge in [0.1, 0.15) is 6.04 Å². The Balaban J connectivity index is 1.69. The summed E-state index contributed by atoms with van der Waals surface area (Å²) in [5, 5.41) is 9.17. The minimum absolute atomic E-state index is 0.109. The van der Waals surface area contributed by atoms with E-state index in [0.717, 1.165) is 23.1 Å². The molecule has 1 atom stereocenters. The zero-order valence-electron chi connectivity index (χ0n) is 12.8. The summed E-state index contributed by atoms with van der Waals surface area (Å²) < 4.78 is 0. The van der Waals surface area contributed by atoms with Gasteiger partial charge in [-0.25, -0.2) is 4.79 Å². The van der Waals surface area contributed by atoms with Gasteiger partial charge in [-0.3, -0.25) is 4.79 Å². The van der Waals surface area contributed by atoms with E-state index < -0.39 is 12.0 Å². The average molecular weight is 309 g/mol. The number of carbonyl (C=O) groups is 2. The third kappa shape index (κ3) is 3.42. The van der Waals surface area contributed by atoms with Crippen LogP contribution < -0.4 is 0 Å². The van der Waals surface area contributed by atoms with Crippen molar-refractivity contribution in [1.82, 2.24) is 4.90 Å². The third-order valence-corrected chi connectivity index (χ3v) is 4.27. The van der Waals surface area contributed by atoms with E-state index in [4.69, 9.17) is 5.11 Å². The molecule has 4 heteroatoms. The molecule has 1 N–H and O–H groups in total. The van der Waals surface area contributed by atoms with Gasteiger partial charge in [-0.2, -0.15) is 0 Å². The zero-order valence-corrected chi connectivity index (χ0v) is 12.8. The highest BCUT2D eigenvalue weighted by Crippen LogP contribution is 2.21. The van der Waals surface area contributed by atoms with Crippen molar-refractivity contribution in [3.8, 4) is 11.1 Å². The quantitative estimate of drug-likeness (QED) is 0.944. The number of carboxylic acid groups (broad SMARTS) is 1. The van der Waals surface area contributed by atoms with Gasteiger partial charge in [0.25, 0.3) is 0 Å². The molecular formula is C19H19NO3. The molecule has 0 saturated carbocycles. The molecule has 0 aromatic heterocycles. The molecule has 4 nitrogen and oxygen atoms in total. The van der Waals surface area contributed by atoms with Crippen molar-refractivity contribution in [2.24, 2.45) is 0 Å². The van der Waals surface area contributed by atoms with Crippen LogP contribution in [0.3, 0.4) is 0 Å². The molecular weight excluding hydrogens is 290 g/mol. The van der Waals surface area contributed by atoms with Gasteiger partial charge in [0.2, 0.25) is 5.91 Å². The number of amides is 1. The van der Waals surface area contributed by atoms with Crippen molar-refractivity contribution in [2.45, 2.75) is 25.3 Å². The molecule has 2 aromatic carbocycles. The van der Waals surface area contributed by atoms with E-state index in [-0.39, 0.29) is 12.3 Å². The van der Waals surface area contributed by atoms with Crippen LogP contribution in [0.1, 0.15) is 18.4 Å². The minimum atomic E-state index is -0.907. The van der Waals surface area contributed by atoms with Crippen LogP contribution in [0.25, 0.3) is 11.1 Å². The van der Waals surface area contributed by atoms with Crippen LogP contribution in [-0.4, -0.2) is 34.5 Å². The van der Waals surface area contributed by atoms with Crippen LogP contribution in [0.2, 0.25) is 0 Å². The van der Waals surface area contributed by atoms with Crippen molar-refractivity contribution in [1.29, 1.82) is 0 Å². The Hall–Kier alpha value is -2.62. The van der Waals surface area contributed by atoms with Crippen LogP contribution in [0, 0.1) is 0 Å². The first-order chi connectivity index (χ1) is 11.1. The highest BCUT2D eigenvalue weighted by atomic mass is 16.4. The zero-order chi connectivity index (χ0) is 16.2. The lowest BCUT2D eigenvalue weighted by molar-refractivity contribution is -0.148. The lowest BCUT2D eigenvalue weighted by Gasteiger charge is -2.21. The number of aliphatic carboxylic acids is 1. The van der Waals surface area contributed by atoms with Gasteiger partial charge in [-0.15, -0.1) is 0 Å². The van der Waals surface area contributed by atoms with Gasteiger partial charge in [-0.1, -0.05) is 54.6 Å². The van der Waals surface area contributed by atoms with Gasteiger partial charge >= 0.3 is 5.97 Å². The fourth-order valence-corrected chi connectivity index (χ4v) is 3.04. The molecule has 23 heavy (non-hydrogen) atoms. The number of benzene rings is 2. The topological polar surface area (TPSA) is 57.6 Å². The third-order valence-electron chi connectivity index (χ3n) is 4.27. The van der Waals surface area contributed by atoms with Crippen molar-refractivity contribution in [3.05, 3.63) is 60.2 Å². The fraction of sp³-hybridized carbons (Fsp3) is 0.263. The molecule has 1 amide bonds. The Morgan fingerprint density at radius 1 is 1.00 bits per heavy atom. The Bertz CT molecular complexity index is 694. The lowest BCUT2D eigenvalue weighted by atomic mass is 10.0. The molecule has 0 bridgehead atoms. The van der Waals surface area contributed by atoms with Crippen LogP contribution in [0.5, 0.6) is 0 Å². The number of likely N-dealkylation sites (tertiary alicyclic amines) is 1. The van der Waals surface area contributed by atoms with Gasteiger partial charge in [0, 0.05) is 6.54 Å². The van der Waals surface area contributed by atoms with Gasteiger partial charge < -0.3 is 10.0 Å². The first-order valence-corrected chi connectivity index (χ1v) is 7.82. The molecule has 0 spiro atoms. The predicted molar refractivity (Wildman–Crippen MR) is 88.0 cm³/mol. The van der Waals surface area contributed by atoms with E-state index >= 15 is 0 Å². The largest absolute Gasteiger partial charge is 0.480 e. The number of hydrogen-bond acceptors (Lipinski definition) is 2. The molecule has 1 heterocycles. The Morgan fingerprint density at radius 3 is 2.30 bits per heavy atom. The Labute approximate surface area is 135 Å².